The third-order valence-corrected chi connectivity index (χ3v) is 3.24. The number of benzene rings is 2. The molecule has 0 radical (unpaired) electrons. The molecular formula is C16H14N2O4. The van der Waals surface area contributed by atoms with Crippen LogP contribution in [-0.2, 0) is 0 Å². The van der Waals surface area contributed by atoms with Gasteiger partial charge in [0.05, 0.1) is 14.2 Å². The van der Waals surface area contributed by atoms with Crippen LogP contribution in [0.15, 0.2) is 47.2 Å². The van der Waals surface area contributed by atoms with Crippen LogP contribution in [0.2, 0.25) is 0 Å². The van der Waals surface area contributed by atoms with Crippen LogP contribution in [0.5, 0.6) is 11.5 Å². The van der Waals surface area contributed by atoms with E-state index >= 15 is 0 Å². The average molecular weight is 298 g/mol. The number of rotatable bonds is 4. The van der Waals surface area contributed by atoms with E-state index in [-0.39, 0.29) is 5.91 Å². The van der Waals surface area contributed by atoms with E-state index in [4.69, 9.17) is 13.9 Å². The Bertz CT molecular complexity index is 804. The summed E-state index contributed by atoms with van der Waals surface area (Å²) in [5, 5.41) is 2.80. The highest BCUT2D eigenvalue weighted by atomic mass is 16.5. The van der Waals surface area contributed by atoms with Gasteiger partial charge in [-0.1, -0.05) is 6.07 Å². The quantitative estimate of drug-likeness (QED) is 0.801. The minimum atomic E-state index is -0.326. The van der Waals surface area contributed by atoms with E-state index in [1.54, 1.807) is 36.4 Å². The molecule has 3 aromatic rings. The fraction of sp³-hybridized carbons (Fsp3) is 0.125. The van der Waals surface area contributed by atoms with Crippen molar-refractivity contribution in [3.63, 3.8) is 0 Å². The third-order valence-electron chi connectivity index (χ3n) is 3.24. The number of hydrogen-bond acceptors (Lipinski definition) is 5. The molecule has 0 aliphatic carbocycles. The smallest absolute Gasteiger partial charge is 0.263 e. The van der Waals surface area contributed by atoms with Gasteiger partial charge in [0, 0.05) is 11.8 Å². The molecule has 0 aliphatic heterocycles. The second-order valence-corrected chi connectivity index (χ2v) is 4.53. The number of carbonyl (C=O) groups excluding carboxylic acids is 1. The van der Waals surface area contributed by atoms with Crippen LogP contribution >= 0.6 is 0 Å². The normalized spacial score (nSPS) is 10.5. The van der Waals surface area contributed by atoms with Gasteiger partial charge in [-0.3, -0.25) is 4.79 Å². The lowest BCUT2D eigenvalue weighted by molar-refractivity contribution is 0.102. The van der Waals surface area contributed by atoms with Crippen molar-refractivity contribution in [2.75, 3.05) is 19.5 Å². The van der Waals surface area contributed by atoms with Crippen molar-refractivity contribution < 1.29 is 18.7 Å². The van der Waals surface area contributed by atoms with E-state index in [1.807, 2.05) is 0 Å². The molecule has 0 aliphatic rings. The Morgan fingerprint density at radius 2 is 1.86 bits per heavy atom. The van der Waals surface area contributed by atoms with Crippen LogP contribution in [0, 0.1) is 0 Å². The topological polar surface area (TPSA) is 73.6 Å². The average Bonchev–Trinajstić information content (AvgIpc) is 3.01. The SMILES string of the molecule is COc1cccc(OC)c1C(=O)Nc1ccc2ncoc2c1. The molecule has 112 valence electrons. The van der Waals surface area contributed by atoms with Gasteiger partial charge in [-0.2, -0.15) is 0 Å². The molecule has 1 amide bonds. The number of nitrogens with one attached hydrogen (secondary N) is 1. The summed E-state index contributed by atoms with van der Waals surface area (Å²) in [6.45, 7) is 0. The minimum absolute atomic E-state index is 0.326. The molecule has 0 saturated heterocycles. The highest BCUT2D eigenvalue weighted by Crippen LogP contribution is 2.29. The molecule has 0 saturated carbocycles. The fourth-order valence-corrected chi connectivity index (χ4v) is 2.20. The van der Waals surface area contributed by atoms with Crippen LogP contribution in [-0.4, -0.2) is 25.1 Å². The summed E-state index contributed by atoms with van der Waals surface area (Å²) < 4.78 is 15.7. The molecule has 22 heavy (non-hydrogen) atoms. The number of aromatic nitrogens is 1. The van der Waals surface area contributed by atoms with E-state index in [2.05, 4.69) is 10.3 Å². The summed E-state index contributed by atoms with van der Waals surface area (Å²) in [6, 6.07) is 10.4. The number of anilines is 1. The van der Waals surface area contributed by atoms with Crippen molar-refractivity contribution in [3.05, 3.63) is 48.4 Å². The van der Waals surface area contributed by atoms with Crippen molar-refractivity contribution in [1.29, 1.82) is 0 Å². The summed E-state index contributed by atoms with van der Waals surface area (Å²) in [6.07, 6.45) is 1.36. The van der Waals surface area contributed by atoms with Gasteiger partial charge in [-0.15, -0.1) is 0 Å². The van der Waals surface area contributed by atoms with Crippen molar-refractivity contribution in [1.82, 2.24) is 4.98 Å². The monoisotopic (exact) mass is 298 g/mol. The van der Waals surface area contributed by atoms with Crippen LogP contribution in [0.1, 0.15) is 10.4 Å². The molecule has 0 spiro atoms. The summed E-state index contributed by atoms with van der Waals surface area (Å²) >= 11 is 0. The summed E-state index contributed by atoms with van der Waals surface area (Å²) in [4.78, 5) is 16.6. The first-order valence-corrected chi connectivity index (χ1v) is 6.58. The largest absolute Gasteiger partial charge is 0.496 e. The van der Waals surface area contributed by atoms with E-state index < -0.39 is 0 Å². The van der Waals surface area contributed by atoms with E-state index in [0.717, 1.165) is 5.52 Å². The number of oxazole rings is 1. The second kappa shape index (κ2) is 5.77. The maximum absolute atomic E-state index is 12.5. The molecule has 0 atom stereocenters. The summed E-state index contributed by atoms with van der Waals surface area (Å²) in [5.41, 5.74) is 2.27. The van der Waals surface area contributed by atoms with Crippen molar-refractivity contribution in [2.24, 2.45) is 0 Å². The zero-order valence-corrected chi connectivity index (χ0v) is 12.1. The number of fused-ring (bicyclic) bond motifs is 1. The maximum Gasteiger partial charge on any atom is 0.263 e. The standard InChI is InChI=1S/C16H14N2O4/c1-20-12-4-3-5-13(21-2)15(12)16(19)18-10-6-7-11-14(8-10)22-9-17-11/h3-9H,1-2H3,(H,18,19). The van der Waals surface area contributed by atoms with Gasteiger partial charge < -0.3 is 19.2 Å². The zero-order chi connectivity index (χ0) is 15.5. The van der Waals surface area contributed by atoms with Gasteiger partial charge in [0.15, 0.2) is 12.0 Å². The molecule has 2 aromatic carbocycles. The number of methoxy groups -OCH3 is 2. The van der Waals surface area contributed by atoms with Gasteiger partial charge in [-0.25, -0.2) is 4.98 Å². The lowest BCUT2D eigenvalue weighted by Gasteiger charge is -2.12. The van der Waals surface area contributed by atoms with E-state index in [0.29, 0.717) is 28.3 Å². The molecule has 1 N–H and O–H groups in total. The van der Waals surface area contributed by atoms with Crippen molar-refractivity contribution in [3.8, 4) is 11.5 Å². The lowest BCUT2D eigenvalue weighted by Crippen LogP contribution is -2.14. The lowest BCUT2D eigenvalue weighted by atomic mass is 10.1. The predicted octanol–water partition coefficient (Wildman–Crippen LogP) is 3.10. The Hall–Kier alpha value is -3.02. The Kier molecular flexibility index (Phi) is 3.65. The number of carbonyl (C=O) groups is 1. The Morgan fingerprint density at radius 3 is 2.55 bits per heavy atom. The second-order valence-electron chi connectivity index (χ2n) is 4.53. The number of amides is 1. The van der Waals surface area contributed by atoms with Gasteiger partial charge >= 0.3 is 0 Å². The van der Waals surface area contributed by atoms with Crippen LogP contribution in [0.25, 0.3) is 11.1 Å². The van der Waals surface area contributed by atoms with Gasteiger partial charge in [0.25, 0.3) is 5.91 Å². The van der Waals surface area contributed by atoms with Gasteiger partial charge in [0.2, 0.25) is 0 Å². The fourth-order valence-electron chi connectivity index (χ4n) is 2.20. The molecule has 0 unspecified atom stereocenters. The first kappa shape index (κ1) is 13.9. The highest BCUT2D eigenvalue weighted by Gasteiger charge is 2.18. The van der Waals surface area contributed by atoms with Gasteiger partial charge in [0.1, 0.15) is 22.6 Å². The molecule has 1 aromatic heterocycles. The van der Waals surface area contributed by atoms with E-state index in [1.165, 1.54) is 20.6 Å². The summed E-state index contributed by atoms with van der Waals surface area (Å²) in [7, 11) is 3.01. The van der Waals surface area contributed by atoms with Gasteiger partial charge in [-0.05, 0) is 24.3 Å². The number of ether oxygens (including phenoxy) is 2. The molecule has 0 bridgehead atoms. The highest BCUT2D eigenvalue weighted by molar-refractivity contribution is 6.08. The molecule has 1 heterocycles. The molecule has 0 fully saturated rings. The third kappa shape index (κ3) is 2.46. The molecule has 6 heteroatoms. The number of hydrogen-bond donors (Lipinski definition) is 1. The number of nitrogens with zero attached hydrogens (tertiary/aromatic N) is 1. The van der Waals surface area contributed by atoms with Crippen LogP contribution < -0.4 is 14.8 Å². The Labute approximate surface area is 126 Å². The maximum atomic E-state index is 12.5. The first-order valence-electron chi connectivity index (χ1n) is 6.58. The minimum Gasteiger partial charge on any atom is -0.496 e. The summed E-state index contributed by atoms with van der Waals surface area (Å²) in [5.74, 6) is 0.559. The van der Waals surface area contributed by atoms with Crippen molar-refractivity contribution >= 4 is 22.7 Å². The zero-order valence-electron chi connectivity index (χ0n) is 12.1. The predicted molar refractivity (Wildman–Crippen MR) is 81.5 cm³/mol. The van der Waals surface area contributed by atoms with Crippen molar-refractivity contribution in [2.45, 2.75) is 0 Å². The Morgan fingerprint density at radius 1 is 1.14 bits per heavy atom. The molecule has 3 rings (SSSR count). The van der Waals surface area contributed by atoms with E-state index in [9.17, 15) is 4.79 Å². The van der Waals surface area contributed by atoms with Crippen LogP contribution in [0.4, 0.5) is 5.69 Å². The molecule has 6 nitrogen and oxygen atoms in total. The van der Waals surface area contributed by atoms with Crippen LogP contribution in [0.3, 0.4) is 0 Å². The molecular weight excluding hydrogens is 284 g/mol. The first-order chi connectivity index (χ1) is 10.7. The Balaban J connectivity index is 1.94.